The number of fused-ring (bicyclic) bond motifs is 1. The van der Waals surface area contributed by atoms with Gasteiger partial charge in [0.2, 0.25) is 0 Å². The quantitative estimate of drug-likeness (QED) is 0.904. The number of phenolic OH excluding ortho intramolecular Hbond substituents is 1. The van der Waals surface area contributed by atoms with Crippen LogP contribution in [0.1, 0.15) is 41.6 Å². The molecule has 1 saturated carbocycles. The molecule has 0 bridgehead atoms. The average molecular weight is 286 g/mol. The highest BCUT2D eigenvalue weighted by atomic mass is 16.3. The van der Waals surface area contributed by atoms with Crippen molar-refractivity contribution in [2.24, 2.45) is 0 Å². The third-order valence-corrected chi connectivity index (χ3v) is 5.43. The maximum atomic E-state index is 12.7. The van der Waals surface area contributed by atoms with Crippen molar-refractivity contribution in [3.63, 3.8) is 0 Å². The maximum absolute atomic E-state index is 12.7. The van der Waals surface area contributed by atoms with Gasteiger partial charge in [0.05, 0.1) is 0 Å². The van der Waals surface area contributed by atoms with Crippen LogP contribution in [0.5, 0.6) is 5.75 Å². The maximum Gasteiger partial charge on any atom is 0.254 e. The van der Waals surface area contributed by atoms with E-state index in [1.807, 2.05) is 0 Å². The molecule has 1 aromatic rings. The Kier molecular flexibility index (Phi) is 3.14. The Labute approximate surface area is 125 Å². The first-order chi connectivity index (χ1) is 10.2. The minimum absolute atomic E-state index is 0.150. The van der Waals surface area contributed by atoms with E-state index >= 15 is 0 Å². The number of amides is 1. The lowest BCUT2D eigenvalue weighted by atomic mass is 9.92. The van der Waals surface area contributed by atoms with Crippen molar-refractivity contribution in [1.29, 1.82) is 0 Å². The van der Waals surface area contributed by atoms with Gasteiger partial charge >= 0.3 is 0 Å². The third-order valence-electron chi connectivity index (χ3n) is 5.43. The van der Waals surface area contributed by atoms with Gasteiger partial charge in [-0.25, -0.2) is 0 Å². The number of phenols is 1. The van der Waals surface area contributed by atoms with E-state index in [0.717, 1.165) is 49.6 Å². The van der Waals surface area contributed by atoms with E-state index in [1.54, 1.807) is 18.2 Å². The Balaban J connectivity index is 1.49. The van der Waals surface area contributed by atoms with Crippen LogP contribution in [0.3, 0.4) is 0 Å². The van der Waals surface area contributed by atoms with Gasteiger partial charge in [0, 0.05) is 37.3 Å². The largest absolute Gasteiger partial charge is 0.508 e. The van der Waals surface area contributed by atoms with E-state index in [4.69, 9.17) is 0 Å². The van der Waals surface area contributed by atoms with Crippen molar-refractivity contribution in [1.82, 2.24) is 9.80 Å². The monoisotopic (exact) mass is 286 g/mol. The molecule has 0 unspecified atom stereocenters. The fourth-order valence-corrected chi connectivity index (χ4v) is 3.95. The van der Waals surface area contributed by atoms with Gasteiger partial charge in [-0.1, -0.05) is 6.42 Å². The number of carbonyl (C=O) groups is 1. The van der Waals surface area contributed by atoms with Crippen LogP contribution in [0, 0.1) is 0 Å². The summed E-state index contributed by atoms with van der Waals surface area (Å²) in [6.07, 6.45) is 6.00. The van der Waals surface area contributed by atoms with Crippen molar-refractivity contribution in [3.05, 3.63) is 29.3 Å². The number of carbonyl (C=O) groups excluding carboxylic acids is 1. The summed E-state index contributed by atoms with van der Waals surface area (Å²) in [6, 6.07) is 6.28. The average Bonchev–Trinajstić information content (AvgIpc) is 2.86. The highest BCUT2D eigenvalue weighted by Gasteiger charge is 2.37. The summed E-state index contributed by atoms with van der Waals surface area (Å²) < 4.78 is 0. The second-order valence-electron chi connectivity index (χ2n) is 6.61. The van der Waals surface area contributed by atoms with Gasteiger partial charge in [-0.2, -0.15) is 0 Å². The van der Waals surface area contributed by atoms with E-state index < -0.39 is 0 Å². The second kappa shape index (κ2) is 5.02. The van der Waals surface area contributed by atoms with Gasteiger partial charge in [0.25, 0.3) is 5.91 Å². The Morgan fingerprint density at radius 3 is 2.71 bits per heavy atom. The molecule has 4 nitrogen and oxygen atoms in total. The molecule has 1 N–H and O–H groups in total. The minimum Gasteiger partial charge on any atom is -0.508 e. The molecule has 4 rings (SSSR count). The number of rotatable bonds is 2. The van der Waals surface area contributed by atoms with E-state index in [9.17, 15) is 9.90 Å². The van der Waals surface area contributed by atoms with Gasteiger partial charge in [-0.05, 0) is 49.4 Å². The fraction of sp³-hybridized carbons (Fsp3) is 0.588. The summed E-state index contributed by atoms with van der Waals surface area (Å²) in [5.74, 6) is 0.406. The molecule has 2 aliphatic heterocycles. The fourth-order valence-electron chi connectivity index (χ4n) is 3.95. The number of benzene rings is 1. The van der Waals surface area contributed by atoms with Crippen molar-refractivity contribution in [2.75, 3.05) is 19.6 Å². The zero-order valence-corrected chi connectivity index (χ0v) is 12.3. The first-order valence-corrected chi connectivity index (χ1v) is 8.09. The summed E-state index contributed by atoms with van der Waals surface area (Å²) in [5, 5.41) is 9.55. The predicted octanol–water partition coefficient (Wildman–Crippen LogP) is 2.02. The molecular formula is C17H22N2O2. The molecule has 2 fully saturated rings. The van der Waals surface area contributed by atoms with Gasteiger partial charge in [0.1, 0.15) is 5.75 Å². The lowest BCUT2D eigenvalue weighted by molar-refractivity contribution is 0.0646. The zero-order valence-electron chi connectivity index (χ0n) is 12.3. The van der Waals surface area contributed by atoms with E-state index in [1.165, 1.54) is 19.3 Å². The smallest absolute Gasteiger partial charge is 0.254 e. The second-order valence-corrected chi connectivity index (χ2v) is 6.61. The lowest BCUT2D eigenvalue weighted by Gasteiger charge is -2.37. The van der Waals surface area contributed by atoms with Crippen molar-refractivity contribution in [2.45, 2.75) is 44.2 Å². The number of likely N-dealkylation sites (tertiary alicyclic amines) is 1. The van der Waals surface area contributed by atoms with Crippen molar-refractivity contribution >= 4 is 5.91 Å². The Morgan fingerprint density at radius 1 is 1.10 bits per heavy atom. The van der Waals surface area contributed by atoms with E-state index in [-0.39, 0.29) is 11.7 Å². The molecule has 21 heavy (non-hydrogen) atoms. The molecule has 1 saturated heterocycles. The van der Waals surface area contributed by atoms with Gasteiger partial charge in [-0.15, -0.1) is 0 Å². The van der Waals surface area contributed by atoms with Crippen LogP contribution in [0.15, 0.2) is 18.2 Å². The van der Waals surface area contributed by atoms with E-state index in [2.05, 4.69) is 9.80 Å². The first-order valence-electron chi connectivity index (χ1n) is 8.09. The summed E-state index contributed by atoms with van der Waals surface area (Å²) in [4.78, 5) is 17.3. The predicted molar refractivity (Wildman–Crippen MR) is 80.5 cm³/mol. The van der Waals surface area contributed by atoms with Crippen LogP contribution in [0.2, 0.25) is 0 Å². The van der Waals surface area contributed by atoms with Crippen molar-refractivity contribution < 1.29 is 9.90 Å². The number of hydrogen-bond acceptors (Lipinski definition) is 3. The molecule has 0 aromatic heterocycles. The third kappa shape index (κ3) is 2.22. The zero-order chi connectivity index (χ0) is 14.4. The van der Waals surface area contributed by atoms with Gasteiger partial charge in [-0.3, -0.25) is 9.69 Å². The normalized spacial score (nSPS) is 26.8. The van der Waals surface area contributed by atoms with E-state index in [0.29, 0.717) is 6.04 Å². The number of hydrogen-bond donors (Lipinski definition) is 1. The Hall–Kier alpha value is -1.55. The molecule has 1 amide bonds. The van der Waals surface area contributed by atoms with Crippen LogP contribution in [0.25, 0.3) is 0 Å². The molecule has 1 atom stereocenters. The van der Waals surface area contributed by atoms with Crippen LogP contribution >= 0.6 is 0 Å². The molecule has 112 valence electrons. The van der Waals surface area contributed by atoms with Crippen LogP contribution in [0.4, 0.5) is 0 Å². The molecule has 4 heteroatoms. The minimum atomic E-state index is 0.150. The highest BCUT2D eigenvalue weighted by Crippen LogP contribution is 2.31. The summed E-state index contributed by atoms with van der Waals surface area (Å²) >= 11 is 0. The first kappa shape index (κ1) is 13.1. The molecule has 2 heterocycles. The van der Waals surface area contributed by atoms with Crippen LogP contribution in [-0.2, 0) is 6.42 Å². The summed E-state index contributed by atoms with van der Waals surface area (Å²) in [5.41, 5.74) is 1.77. The summed E-state index contributed by atoms with van der Waals surface area (Å²) in [7, 11) is 0. The lowest BCUT2D eigenvalue weighted by Crippen LogP contribution is -2.47. The van der Waals surface area contributed by atoms with Gasteiger partial charge < -0.3 is 10.0 Å². The Morgan fingerprint density at radius 2 is 1.95 bits per heavy atom. The summed E-state index contributed by atoms with van der Waals surface area (Å²) in [6.45, 7) is 2.98. The molecule has 1 aliphatic carbocycles. The number of nitrogens with zero attached hydrogens (tertiary/aromatic N) is 2. The van der Waals surface area contributed by atoms with Gasteiger partial charge in [0.15, 0.2) is 0 Å². The molecule has 3 aliphatic rings. The van der Waals surface area contributed by atoms with Crippen molar-refractivity contribution in [3.8, 4) is 5.75 Å². The van der Waals surface area contributed by atoms with Crippen LogP contribution in [-0.4, -0.2) is 52.5 Å². The Bertz CT molecular complexity index is 568. The number of aromatic hydroxyl groups is 1. The molecule has 0 radical (unpaired) electrons. The topological polar surface area (TPSA) is 43.8 Å². The molecular weight excluding hydrogens is 264 g/mol. The van der Waals surface area contributed by atoms with Crippen LogP contribution < -0.4 is 0 Å². The highest BCUT2D eigenvalue weighted by molar-refractivity contribution is 5.97. The molecule has 0 spiro atoms. The molecule has 1 aromatic carbocycles. The SMILES string of the molecule is O=C1c2ccc(O)cc2CCN1[C@@H]1CCN(C2CCC2)C1. The standard InChI is InChI=1S/C17H22N2O2/c20-15-4-5-16-12(10-15)6-9-19(17(16)21)14-7-8-18(11-14)13-2-1-3-13/h4-5,10,13-14,20H,1-3,6-9,11H2/t14-/m1/s1.